The molecule has 0 unspecified atom stereocenters. The quantitative estimate of drug-likeness (QED) is 0.785. The van der Waals surface area contributed by atoms with Crippen LogP contribution >= 0.6 is 0 Å². The number of anilines is 1. The molecule has 19 heavy (non-hydrogen) atoms. The number of aromatic nitrogens is 2. The zero-order chi connectivity index (χ0) is 13.8. The highest BCUT2D eigenvalue weighted by Gasteiger charge is 2.09. The summed E-state index contributed by atoms with van der Waals surface area (Å²) >= 11 is 0. The van der Waals surface area contributed by atoms with E-state index in [1.165, 1.54) is 0 Å². The van der Waals surface area contributed by atoms with E-state index in [-0.39, 0.29) is 5.91 Å². The highest BCUT2D eigenvalue weighted by molar-refractivity contribution is 5.96. The molecular weight excluding hydrogens is 240 g/mol. The Morgan fingerprint density at radius 3 is 2.79 bits per heavy atom. The average molecular weight is 258 g/mol. The number of H-pyrrole nitrogens is 1. The van der Waals surface area contributed by atoms with Gasteiger partial charge in [-0.15, -0.1) is 0 Å². The lowest BCUT2D eigenvalue weighted by Gasteiger charge is -2.12. The summed E-state index contributed by atoms with van der Waals surface area (Å²) in [7, 11) is 1.63. The Bertz CT molecular complexity index is 589. The predicted octanol–water partition coefficient (Wildman–Crippen LogP) is 2.00. The summed E-state index contributed by atoms with van der Waals surface area (Å²) in [4.78, 5) is 19.0. The molecule has 100 valence electrons. The van der Waals surface area contributed by atoms with Crippen LogP contribution < -0.4 is 10.6 Å². The van der Waals surface area contributed by atoms with E-state index >= 15 is 0 Å². The SMILES string of the molecule is CNC(=O)c1cccc(NCc2cnc(C)[nH]2)c1C. The molecule has 1 amide bonds. The highest BCUT2D eigenvalue weighted by atomic mass is 16.1. The van der Waals surface area contributed by atoms with Crippen molar-refractivity contribution >= 4 is 11.6 Å². The van der Waals surface area contributed by atoms with Gasteiger partial charge in [-0.05, 0) is 31.5 Å². The molecule has 1 heterocycles. The molecule has 1 aromatic heterocycles. The second kappa shape index (κ2) is 5.56. The molecule has 0 fully saturated rings. The van der Waals surface area contributed by atoms with Gasteiger partial charge < -0.3 is 15.6 Å². The summed E-state index contributed by atoms with van der Waals surface area (Å²) in [6.07, 6.45) is 1.81. The molecule has 3 N–H and O–H groups in total. The Morgan fingerprint density at radius 2 is 2.16 bits per heavy atom. The molecule has 5 nitrogen and oxygen atoms in total. The average Bonchev–Trinajstić information content (AvgIpc) is 2.82. The van der Waals surface area contributed by atoms with E-state index in [0.717, 1.165) is 22.8 Å². The molecule has 2 aromatic rings. The van der Waals surface area contributed by atoms with Crippen LogP contribution in [-0.4, -0.2) is 22.9 Å². The first kappa shape index (κ1) is 13.1. The van der Waals surface area contributed by atoms with Crippen molar-refractivity contribution in [2.24, 2.45) is 0 Å². The van der Waals surface area contributed by atoms with Gasteiger partial charge in [0.1, 0.15) is 5.82 Å². The van der Waals surface area contributed by atoms with Crippen molar-refractivity contribution in [2.45, 2.75) is 20.4 Å². The molecule has 0 bridgehead atoms. The van der Waals surface area contributed by atoms with E-state index in [4.69, 9.17) is 0 Å². The number of amides is 1. The lowest BCUT2D eigenvalue weighted by molar-refractivity contribution is 0.0962. The number of imidazole rings is 1. The van der Waals surface area contributed by atoms with Gasteiger partial charge in [0.25, 0.3) is 5.91 Å². The van der Waals surface area contributed by atoms with Crippen LogP contribution in [0.1, 0.15) is 27.4 Å². The first-order valence-corrected chi connectivity index (χ1v) is 6.18. The van der Waals surface area contributed by atoms with Gasteiger partial charge in [-0.1, -0.05) is 6.07 Å². The first-order valence-electron chi connectivity index (χ1n) is 6.18. The van der Waals surface area contributed by atoms with Crippen molar-refractivity contribution in [3.05, 3.63) is 47.0 Å². The minimum absolute atomic E-state index is 0.0708. The van der Waals surface area contributed by atoms with Crippen molar-refractivity contribution in [1.29, 1.82) is 0 Å². The van der Waals surface area contributed by atoms with Gasteiger partial charge in [0, 0.05) is 18.3 Å². The molecule has 5 heteroatoms. The predicted molar refractivity (Wildman–Crippen MR) is 75.2 cm³/mol. The second-order valence-corrected chi connectivity index (χ2v) is 4.40. The number of aryl methyl sites for hydroxylation is 1. The largest absolute Gasteiger partial charge is 0.379 e. The van der Waals surface area contributed by atoms with Crippen LogP contribution in [0.2, 0.25) is 0 Å². The van der Waals surface area contributed by atoms with Crippen LogP contribution in [-0.2, 0) is 6.54 Å². The van der Waals surface area contributed by atoms with Gasteiger partial charge in [0.05, 0.1) is 18.4 Å². The third-order valence-corrected chi connectivity index (χ3v) is 3.03. The van der Waals surface area contributed by atoms with Crippen LogP contribution in [0, 0.1) is 13.8 Å². The Balaban J connectivity index is 2.14. The van der Waals surface area contributed by atoms with Gasteiger partial charge in [-0.3, -0.25) is 4.79 Å². The second-order valence-electron chi connectivity index (χ2n) is 4.40. The zero-order valence-corrected chi connectivity index (χ0v) is 11.4. The lowest BCUT2D eigenvalue weighted by Crippen LogP contribution is -2.19. The zero-order valence-electron chi connectivity index (χ0n) is 11.4. The highest BCUT2D eigenvalue weighted by Crippen LogP contribution is 2.19. The fraction of sp³-hybridized carbons (Fsp3) is 0.286. The van der Waals surface area contributed by atoms with Gasteiger partial charge >= 0.3 is 0 Å². The molecule has 0 saturated heterocycles. The van der Waals surface area contributed by atoms with E-state index in [0.29, 0.717) is 12.1 Å². The molecule has 0 radical (unpaired) electrons. The minimum Gasteiger partial charge on any atom is -0.379 e. The Morgan fingerprint density at radius 1 is 1.37 bits per heavy atom. The maximum atomic E-state index is 11.7. The molecular formula is C14H18N4O. The summed E-state index contributed by atoms with van der Waals surface area (Å²) in [6.45, 7) is 4.50. The third-order valence-electron chi connectivity index (χ3n) is 3.03. The summed E-state index contributed by atoms with van der Waals surface area (Å²) in [5.74, 6) is 0.825. The van der Waals surface area contributed by atoms with Crippen molar-refractivity contribution in [2.75, 3.05) is 12.4 Å². The Kier molecular flexibility index (Phi) is 3.85. The standard InChI is InChI=1S/C14H18N4O/c1-9-12(14(19)15-3)5-4-6-13(9)17-8-11-7-16-10(2)18-11/h4-7,17H,8H2,1-3H3,(H,15,19)(H,16,18). The number of carbonyl (C=O) groups is 1. The van der Waals surface area contributed by atoms with E-state index in [1.807, 2.05) is 32.0 Å². The molecule has 0 spiro atoms. The van der Waals surface area contributed by atoms with Crippen molar-refractivity contribution in [1.82, 2.24) is 15.3 Å². The number of hydrogen-bond acceptors (Lipinski definition) is 3. The van der Waals surface area contributed by atoms with Crippen LogP contribution in [0.3, 0.4) is 0 Å². The third kappa shape index (κ3) is 2.93. The number of nitrogens with one attached hydrogen (secondary N) is 3. The minimum atomic E-state index is -0.0708. The van der Waals surface area contributed by atoms with Gasteiger partial charge in [-0.25, -0.2) is 4.98 Å². The van der Waals surface area contributed by atoms with Gasteiger partial charge in [-0.2, -0.15) is 0 Å². The maximum Gasteiger partial charge on any atom is 0.251 e. The molecule has 0 aliphatic carbocycles. The lowest BCUT2D eigenvalue weighted by atomic mass is 10.1. The van der Waals surface area contributed by atoms with Crippen molar-refractivity contribution < 1.29 is 4.79 Å². The van der Waals surface area contributed by atoms with E-state index in [9.17, 15) is 4.79 Å². The maximum absolute atomic E-state index is 11.7. The summed E-state index contributed by atoms with van der Waals surface area (Å²) in [6, 6.07) is 5.66. The van der Waals surface area contributed by atoms with Crippen LogP contribution in [0.15, 0.2) is 24.4 Å². The first-order chi connectivity index (χ1) is 9.11. The normalized spacial score (nSPS) is 10.3. The molecule has 0 atom stereocenters. The molecule has 0 aliphatic heterocycles. The monoisotopic (exact) mass is 258 g/mol. The number of carbonyl (C=O) groups excluding carboxylic acids is 1. The van der Waals surface area contributed by atoms with E-state index < -0.39 is 0 Å². The van der Waals surface area contributed by atoms with Crippen LogP contribution in [0.25, 0.3) is 0 Å². The summed E-state index contributed by atoms with van der Waals surface area (Å²) in [5.41, 5.74) is 3.60. The molecule has 1 aromatic carbocycles. The number of benzene rings is 1. The topological polar surface area (TPSA) is 69.8 Å². The van der Waals surface area contributed by atoms with Crippen LogP contribution in [0.5, 0.6) is 0 Å². The fourth-order valence-corrected chi connectivity index (χ4v) is 1.96. The number of rotatable bonds is 4. The summed E-state index contributed by atoms with van der Waals surface area (Å²) < 4.78 is 0. The molecule has 0 aliphatic rings. The van der Waals surface area contributed by atoms with Crippen molar-refractivity contribution in [3.8, 4) is 0 Å². The smallest absolute Gasteiger partial charge is 0.251 e. The van der Waals surface area contributed by atoms with E-state index in [2.05, 4.69) is 20.6 Å². The number of aromatic amines is 1. The Labute approximate surface area is 112 Å². The van der Waals surface area contributed by atoms with Crippen molar-refractivity contribution in [3.63, 3.8) is 0 Å². The number of hydrogen-bond donors (Lipinski definition) is 3. The fourth-order valence-electron chi connectivity index (χ4n) is 1.96. The number of nitrogens with zero attached hydrogens (tertiary/aromatic N) is 1. The van der Waals surface area contributed by atoms with Gasteiger partial charge in [0.2, 0.25) is 0 Å². The van der Waals surface area contributed by atoms with Gasteiger partial charge in [0.15, 0.2) is 0 Å². The molecule has 2 rings (SSSR count). The Hall–Kier alpha value is -2.30. The summed E-state index contributed by atoms with van der Waals surface area (Å²) in [5, 5.41) is 5.95. The molecule has 0 saturated carbocycles. The van der Waals surface area contributed by atoms with E-state index in [1.54, 1.807) is 13.2 Å². The van der Waals surface area contributed by atoms with Crippen LogP contribution in [0.4, 0.5) is 5.69 Å².